The molecule has 2 aliphatic carbocycles. The van der Waals surface area contributed by atoms with Crippen LogP contribution in [-0.4, -0.2) is 17.0 Å². The second kappa shape index (κ2) is 3.34. The lowest BCUT2D eigenvalue weighted by atomic mass is 9.71. The molecule has 0 heterocycles. The van der Waals surface area contributed by atoms with Crippen LogP contribution in [0, 0.1) is 17.3 Å². The maximum Gasteiger partial charge on any atom is 0.133 e. The minimum Gasteiger partial charge on any atom is -0.393 e. The van der Waals surface area contributed by atoms with E-state index in [-0.39, 0.29) is 11.5 Å². The van der Waals surface area contributed by atoms with Gasteiger partial charge in [-0.1, -0.05) is 13.8 Å². The Labute approximate surface area is 85.7 Å². The zero-order valence-electron chi connectivity index (χ0n) is 9.12. The SMILES string of the molecule is C[C@@H]1CC(=O)CC[C@]2(C)[C@@H](O)CC[C@@H]12. The van der Waals surface area contributed by atoms with Crippen LogP contribution in [0.2, 0.25) is 0 Å². The fourth-order valence-corrected chi connectivity index (χ4v) is 3.54. The molecule has 1 N–H and O–H groups in total. The van der Waals surface area contributed by atoms with Gasteiger partial charge in [0.15, 0.2) is 0 Å². The van der Waals surface area contributed by atoms with Crippen molar-refractivity contribution in [3.63, 3.8) is 0 Å². The van der Waals surface area contributed by atoms with Gasteiger partial charge in [-0.05, 0) is 36.5 Å². The summed E-state index contributed by atoms with van der Waals surface area (Å²) in [6.45, 7) is 4.34. The molecule has 80 valence electrons. The van der Waals surface area contributed by atoms with E-state index in [2.05, 4.69) is 13.8 Å². The lowest BCUT2D eigenvalue weighted by Crippen LogP contribution is -2.34. The van der Waals surface area contributed by atoms with E-state index in [1.165, 1.54) is 0 Å². The van der Waals surface area contributed by atoms with Crippen LogP contribution in [0.25, 0.3) is 0 Å². The lowest BCUT2D eigenvalue weighted by molar-refractivity contribution is -0.119. The smallest absolute Gasteiger partial charge is 0.133 e. The predicted octanol–water partition coefficient (Wildman–Crippen LogP) is 2.15. The van der Waals surface area contributed by atoms with Crippen molar-refractivity contribution in [2.75, 3.05) is 0 Å². The summed E-state index contributed by atoms with van der Waals surface area (Å²) in [5.74, 6) is 1.41. The van der Waals surface area contributed by atoms with Crippen molar-refractivity contribution in [2.24, 2.45) is 17.3 Å². The third-order valence-corrected chi connectivity index (χ3v) is 4.54. The summed E-state index contributed by atoms with van der Waals surface area (Å²) < 4.78 is 0. The van der Waals surface area contributed by atoms with E-state index in [0.29, 0.717) is 24.0 Å². The molecule has 2 nitrogen and oxygen atoms in total. The molecule has 0 saturated heterocycles. The molecule has 0 aromatic heterocycles. The zero-order chi connectivity index (χ0) is 10.3. The van der Waals surface area contributed by atoms with E-state index in [4.69, 9.17) is 0 Å². The number of rotatable bonds is 0. The van der Waals surface area contributed by atoms with Gasteiger partial charge >= 0.3 is 0 Å². The largest absolute Gasteiger partial charge is 0.393 e. The highest BCUT2D eigenvalue weighted by Gasteiger charge is 2.49. The fourth-order valence-electron chi connectivity index (χ4n) is 3.54. The highest BCUT2D eigenvalue weighted by atomic mass is 16.3. The average molecular weight is 196 g/mol. The normalized spacial score (nSPS) is 48.8. The maximum atomic E-state index is 11.5. The Bertz CT molecular complexity index is 249. The lowest BCUT2D eigenvalue weighted by Gasteiger charge is -2.35. The van der Waals surface area contributed by atoms with Crippen molar-refractivity contribution < 1.29 is 9.90 Å². The molecular formula is C12H20O2. The van der Waals surface area contributed by atoms with Gasteiger partial charge in [0.1, 0.15) is 5.78 Å². The first-order valence-electron chi connectivity index (χ1n) is 5.74. The van der Waals surface area contributed by atoms with E-state index in [0.717, 1.165) is 25.7 Å². The van der Waals surface area contributed by atoms with Crippen LogP contribution >= 0.6 is 0 Å². The average Bonchev–Trinajstić information content (AvgIpc) is 2.35. The van der Waals surface area contributed by atoms with E-state index in [9.17, 15) is 9.90 Å². The Morgan fingerprint density at radius 2 is 2.14 bits per heavy atom. The first-order valence-corrected chi connectivity index (χ1v) is 5.74. The molecule has 2 fully saturated rings. The van der Waals surface area contributed by atoms with E-state index in [1.54, 1.807) is 0 Å². The van der Waals surface area contributed by atoms with Crippen LogP contribution in [-0.2, 0) is 4.79 Å². The summed E-state index contributed by atoms with van der Waals surface area (Å²) in [6, 6.07) is 0. The Balaban J connectivity index is 2.25. The molecule has 0 aliphatic heterocycles. The highest BCUT2D eigenvalue weighted by molar-refractivity contribution is 5.79. The Morgan fingerprint density at radius 1 is 1.43 bits per heavy atom. The van der Waals surface area contributed by atoms with Crippen molar-refractivity contribution in [1.29, 1.82) is 0 Å². The van der Waals surface area contributed by atoms with Crippen LogP contribution in [0.4, 0.5) is 0 Å². The van der Waals surface area contributed by atoms with Gasteiger partial charge in [-0.15, -0.1) is 0 Å². The maximum absolute atomic E-state index is 11.5. The van der Waals surface area contributed by atoms with Crippen LogP contribution in [0.1, 0.15) is 46.0 Å². The number of ketones is 1. The minimum atomic E-state index is -0.180. The van der Waals surface area contributed by atoms with Crippen LogP contribution < -0.4 is 0 Å². The molecule has 0 spiro atoms. The molecule has 4 atom stereocenters. The third-order valence-electron chi connectivity index (χ3n) is 4.54. The third kappa shape index (κ3) is 1.40. The summed E-state index contributed by atoms with van der Waals surface area (Å²) in [6.07, 6.45) is 4.15. The van der Waals surface area contributed by atoms with Crippen molar-refractivity contribution in [2.45, 2.75) is 52.1 Å². The summed E-state index contributed by atoms with van der Waals surface area (Å²) in [4.78, 5) is 11.5. The van der Waals surface area contributed by atoms with Gasteiger partial charge in [0, 0.05) is 12.8 Å². The van der Waals surface area contributed by atoms with Gasteiger partial charge in [-0.25, -0.2) is 0 Å². The predicted molar refractivity (Wildman–Crippen MR) is 54.9 cm³/mol. The Kier molecular flexibility index (Phi) is 2.42. The molecule has 2 saturated carbocycles. The quantitative estimate of drug-likeness (QED) is 0.644. The van der Waals surface area contributed by atoms with E-state index < -0.39 is 0 Å². The molecule has 0 amide bonds. The first kappa shape index (κ1) is 10.2. The van der Waals surface area contributed by atoms with Crippen molar-refractivity contribution in [1.82, 2.24) is 0 Å². The molecule has 2 aliphatic rings. The summed E-state index contributed by atoms with van der Waals surface area (Å²) >= 11 is 0. The molecule has 0 aromatic carbocycles. The fraction of sp³-hybridized carbons (Fsp3) is 0.917. The number of hydrogen-bond donors (Lipinski definition) is 1. The van der Waals surface area contributed by atoms with Crippen LogP contribution in [0.5, 0.6) is 0 Å². The number of Topliss-reactive ketones (excluding diaryl/α,β-unsaturated/α-hetero) is 1. The van der Waals surface area contributed by atoms with Gasteiger partial charge in [0.05, 0.1) is 6.10 Å². The number of fused-ring (bicyclic) bond motifs is 1. The molecule has 0 bridgehead atoms. The molecule has 0 unspecified atom stereocenters. The topological polar surface area (TPSA) is 37.3 Å². The van der Waals surface area contributed by atoms with Crippen LogP contribution in [0.15, 0.2) is 0 Å². The summed E-state index contributed by atoms with van der Waals surface area (Å²) in [7, 11) is 0. The molecule has 0 radical (unpaired) electrons. The van der Waals surface area contributed by atoms with Gasteiger partial charge in [0.25, 0.3) is 0 Å². The van der Waals surface area contributed by atoms with Gasteiger partial charge in [-0.3, -0.25) is 4.79 Å². The van der Waals surface area contributed by atoms with E-state index >= 15 is 0 Å². The number of aliphatic hydroxyl groups excluding tert-OH is 1. The van der Waals surface area contributed by atoms with Crippen molar-refractivity contribution in [3.8, 4) is 0 Å². The highest BCUT2D eigenvalue weighted by Crippen LogP contribution is 2.52. The summed E-state index contributed by atoms with van der Waals surface area (Å²) in [5.41, 5.74) is 0.0194. The molecule has 2 rings (SSSR count). The number of carbonyl (C=O) groups excluding carboxylic acids is 1. The minimum absolute atomic E-state index is 0.0194. The molecule has 0 aromatic rings. The second-order valence-corrected chi connectivity index (χ2v) is 5.43. The van der Waals surface area contributed by atoms with E-state index in [1.807, 2.05) is 0 Å². The second-order valence-electron chi connectivity index (χ2n) is 5.43. The monoisotopic (exact) mass is 196 g/mol. The standard InChI is InChI=1S/C12H20O2/c1-8-7-9(13)5-6-12(2)10(8)3-4-11(12)14/h8,10-11,14H,3-7H2,1-2H3/t8-,10+,11+,12+/m1/s1. The van der Waals surface area contributed by atoms with Crippen molar-refractivity contribution >= 4 is 5.78 Å². The van der Waals surface area contributed by atoms with Gasteiger partial charge in [-0.2, -0.15) is 0 Å². The first-order chi connectivity index (χ1) is 6.54. The van der Waals surface area contributed by atoms with Gasteiger partial charge in [0.2, 0.25) is 0 Å². The Hall–Kier alpha value is -0.370. The number of aliphatic hydroxyl groups is 1. The Morgan fingerprint density at radius 3 is 2.86 bits per heavy atom. The van der Waals surface area contributed by atoms with Crippen molar-refractivity contribution in [3.05, 3.63) is 0 Å². The van der Waals surface area contributed by atoms with Gasteiger partial charge < -0.3 is 5.11 Å². The molecule has 2 heteroatoms. The number of carbonyl (C=O) groups is 1. The summed E-state index contributed by atoms with van der Waals surface area (Å²) in [5, 5.41) is 10.0. The van der Waals surface area contributed by atoms with Crippen LogP contribution in [0.3, 0.4) is 0 Å². The molecule has 14 heavy (non-hydrogen) atoms. The number of hydrogen-bond acceptors (Lipinski definition) is 2. The zero-order valence-corrected chi connectivity index (χ0v) is 9.12. The molecular weight excluding hydrogens is 176 g/mol.